The van der Waals surface area contributed by atoms with Crippen LogP contribution in [0.15, 0.2) is 0 Å². The van der Waals surface area contributed by atoms with Crippen LogP contribution in [-0.2, 0) is 9.59 Å². The van der Waals surface area contributed by atoms with Gasteiger partial charge in [-0.2, -0.15) is 0 Å². The van der Waals surface area contributed by atoms with E-state index >= 15 is 0 Å². The first-order valence-electron chi connectivity index (χ1n) is 7.15. The maximum Gasteiger partial charge on any atom is 0.305 e. The molecule has 1 heterocycles. The number of carbonyl (C=O) groups excluding carboxylic acids is 1. The van der Waals surface area contributed by atoms with Gasteiger partial charge in [-0.3, -0.25) is 9.59 Å². The second-order valence-electron chi connectivity index (χ2n) is 5.88. The summed E-state index contributed by atoms with van der Waals surface area (Å²) in [7, 11) is 0. The van der Waals surface area contributed by atoms with E-state index in [2.05, 4.69) is 17.6 Å². The molecule has 0 aromatic carbocycles. The van der Waals surface area contributed by atoms with Gasteiger partial charge < -0.3 is 15.7 Å². The first-order chi connectivity index (χ1) is 8.91. The fourth-order valence-corrected chi connectivity index (χ4v) is 2.71. The molecule has 1 fully saturated rings. The van der Waals surface area contributed by atoms with Gasteiger partial charge in [0, 0.05) is 12.6 Å². The van der Waals surface area contributed by atoms with Crippen LogP contribution in [0, 0.1) is 11.3 Å². The zero-order chi connectivity index (χ0) is 14.5. The number of carbonyl (C=O) groups is 2. The van der Waals surface area contributed by atoms with Gasteiger partial charge in [-0.25, -0.2) is 0 Å². The van der Waals surface area contributed by atoms with Crippen LogP contribution in [0.1, 0.15) is 46.5 Å². The van der Waals surface area contributed by atoms with E-state index in [1.165, 1.54) is 0 Å². The third-order valence-corrected chi connectivity index (χ3v) is 3.97. The van der Waals surface area contributed by atoms with Gasteiger partial charge in [0.15, 0.2) is 0 Å². The van der Waals surface area contributed by atoms with Crippen LogP contribution < -0.4 is 10.6 Å². The van der Waals surface area contributed by atoms with Gasteiger partial charge in [-0.15, -0.1) is 0 Å². The van der Waals surface area contributed by atoms with Crippen molar-refractivity contribution in [3.8, 4) is 0 Å². The Kier molecular flexibility index (Phi) is 5.79. The fourth-order valence-electron chi connectivity index (χ4n) is 2.71. The predicted octanol–water partition coefficient (Wildman–Crippen LogP) is 1.38. The Labute approximate surface area is 115 Å². The zero-order valence-corrected chi connectivity index (χ0v) is 12.2. The Morgan fingerprint density at radius 2 is 2.11 bits per heavy atom. The number of hydrogen-bond acceptors (Lipinski definition) is 3. The van der Waals surface area contributed by atoms with E-state index in [-0.39, 0.29) is 29.7 Å². The monoisotopic (exact) mass is 270 g/mol. The van der Waals surface area contributed by atoms with Crippen molar-refractivity contribution in [1.29, 1.82) is 0 Å². The number of hydrogen-bond donors (Lipinski definition) is 3. The fraction of sp³-hybridized carbons (Fsp3) is 0.857. The highest BCUT2D eigenvalue weighted by Gasteiger charge is 2.41. The third kappa shape index (κ3) is 4.20. The molecule has 0 radical (unpaired) electrons. The molecule has 2 unspecified atom stereocenters. The molecular weight excluding hydrogens is 244 g/mol. The average molecular weight is 270 g/mol. The molecule has 0 spiro atoms. The highest BCUT2D eigenvalue weighted by atomic mass is 16.4. The van der Waals surface area contributed by atoms with E-state index in [4.69, 9.17) is 5.11 Å². The van der Waals surface area contributed by atoms with Crippen molar-refractivity contribution >= 4 is 11.9 Å². The first kappa shape index (κ1) is 16.0. The summed E-state index contributed by atoms with van der Waals surface area (Å²) in [6.07, 6.45) is 2.63. The minimum absolute atomic E-state index is 0.0132. The molecule has 0 bridgehead atoms. The van der Waals surface area contributed by atoms with Crippen LogP contribution in [0.3, 0.4) is 0 Å². The molecule has 2 atom stereocenters. The van der Waals surface area contributed by atoms with E-state index < -0.39 is 5.97 Å². The summed E-state index contributed by atoms with van der Waals surface area (Å²) in [5.41, 5.74) is -0.347. The minimum atomic E-state index is -0.868. The zero-order valence-electron chi connectivity index (χ0n) is 12.2. The minimum Gasteiger partial charge on any atom is -0.481 e. The molecule has 110 valence electrons. The first-order valence-corrected chi connectivity index (χ1v) is 7.15. The van der Waals surface area contributed by atoms with Crippen molar-refractivity contribution in [2.45, 2.75) is 52.5 Å². The second-order valence-corrected chi connectivity index (χ2v) is 5.88. The average Bonchev–Trinajstić information content (AvgIpc) is 2.77. The topological polar surface area (TPSA) is 78.4 Å². The summed E-state index contributed by atoms with van der Waals surface area (Å²) in [5, 5.41) is 15.1. The van der Waals surface area contributed by atoms with Crippen LogP contribution in [0.5, 0.6) is 0 Å². The summed E-state index contributed by atoms with van der Waals surface area (Å²) in [6.45, 7) is 7.51. The Hall–Kier alpha value is -1.10. The lowest BCUT2D eigenvalue weighted by Gasteiger charge is -2.30. The molecule has 0 saturated carbocycles. The lowest BCUT2D eigenvalue weighted by Crippen LogP contribution is -2.49. The summed E-state index contributed by atoms with van der Waals surface area (Å²) in [5.74, 6) is -0.736. The number of aliphatic carboxylic acids is 1. The molecule has 3 N–H and O–H groups in total. The maximum atomic E-state index is 12.5. The van der Waals surface area contributed by atoms with Crippen LogP contribution in [0.2, 0.25) is 0 Å². The standard InChI is InChI=1S/C14H26N2O3/c1-4-5-14(6-7-15-9-14)13(19)16-11(10(2)3)8-12(17)18/h10-11,15H,4-9H2,1-3H3,(H,16,19)(H,17,18). The van der Waals surface area contributed by atoms with Crippen molar-refractivity contribution in [3.05, 3.63) is 0 Å². The van der Waals surface area contributed by atoms with Crippen LogP contribution >= 0.6 is 0 Å². The third-order valence-electron chi connectivity index (χ3n) is 3.97. The lowest BCUT2D eigenvalue weighted by atomic mass is 9.81. The second kappa shape index (κ2) is 6.89. The van der Waals surface area contributed by atoms with Crippen molar-refractivity contribution in [2.24, 2.45) is 11.3 Å². The van der Waals surface area contributed by atoms with E-state index in [0.717, 1.165) is 25.8 Å². The molecule has 1 saturated heterocycles. The van der Waals surface area contributed by atoms with E-state index in [9.17, 15) is 9.59 Å². The largest absolute Gasteiger partial charge is 0.481 e. The quantitative estimate of drug-likeness (QED) is 0.653. The number of carboxylic acids is 1. The van der Waals surface area contributed by atoms with E-state index in [1.54, 1.807) is 0 Å². The molecule has 1 rings (SSSR count). The summed E-state index contributed by atoms with van der Waals surface area (Å²) in [6, 6.07) is -0.292. The van der Waals surface area contributed by atoms with Gasteiger partial charge in [-0.1, -0.05) is 27.2 Å². The lowest BCUT2D eigenvalue weighted by molar-refractivity contribution is -0.138. The smallest absolute Gasteiger partial charge is 0.305 e. The molecule has 1 amide bonds. The molecule has 0 aromatic rings. The van der Waals surface area contributed by atoms with Gasteiger partial charge in [0.25, 0.3) is 0 Å². The maximum absolute atomic E-state index is 12.5. The highest BCUT2D eigenvalue weighted by Crippen LogP contribution is 2.31. The van der Waals surface area contributed by atoms with Crippen molar-refractivity contribution in [1.82, 2.24) is 10.6 Å². The molecule has 5 heteroatoms. The van der Waals surface area contributed by atoms with Crippen molar-refractivity contribution in [2.75, 3.05) is 13.1 Å². The summed E-state index contributed by atoms with van der Waals surface area (Å²) in [4.78, 5) is 23.4. The van der Waals surface area contributed by atoms with Crippen LogP contribution in [0.25, 0.3) is 0 Å². The SMILES string of the molecule is CCCC1(C(=O)NC(CC(=O)O)C(C)C)CCNC1. The Bertz CT molecular complexity index is 323. The number of carboxylic acid groups (broad SMARTS) is 1. The van der Waals surface area contributed by atoms with Crippen LogP contribution in [-0.4, -0.2) is 36.1 Å². The normalized spacial score (nSPS) is 24.4. The molecule has 1 aliphatic rings. The highest BCUT2D eigenvalue weighted by molar-refractivity contribution is 5.84. The number of rotatable bonds is 7. The summed E-state index contributed by atoms with van der Waals surface area (Å²) >= 11 is 0. The van der Waals surface area contributed by atoms with Gasteiger partial charge in [0.1, 0.15) is 0 Å². The summed E-state index contributed by atoms with van der Waals surface area (Å²) < 4.78 is 0. The molecule has 1 aliphatic heterocycles. The number of amides is 1. The van der Waals surface area contributed by atoms with E-state index in [0.29, 0.717) is 6.54 Å². The van der Waals surface area contributed by atoms with Crippen molar-refractivity contribution in [3.63, 3.8) is 0 Å². The molecule has 0 aromatic heterocycles. The van der Waals surface area contributed by atoms with E-state index in [1.807, 2.05) is 13.8 Å². The van der Waals surface area contributed by atoms with Crippen LogP contribution in [0.4, 0.5) is 0 Å². The predicted molar refractivity (Wildman–Crippen MR) is 73.8 cm³/mol. The molecular formula is C14H26N2O3. The van der Waals surface area contributed by atoms with Gasteiger partial charge in [-0.05, 0) is 25.3 Å². The Morgan fingerprint density at radius 3 is 2.53 bits per heavy atom. The van der Waals surface area contributed by atoms with Crippen molar-refractivity contribution < 1.29 is 14.7 Å². The molecule has 5 nitrogen and oxygen atoms in total. The number of nitrogens with one attached hydrogen (secondary N) is 2. The molecule has 19 heavy (non-hydrogen) atoms. The van der Waals surface area contributed by atoms with Gasteiger partial charge >= 0.3 is 5.97 Å². The Balaban J connectivity index is 2.71. The van der Waals surface area contributed by atoms with Gasteiger partial charge in [0.05, 0.1) is 11.8 Å². The Morgan fingerprint density at radius 1 is 1.42 bits per heavy atom. The van der Waals surface area contributed by atoms with Gasteiger partial charge in [0.2, 0.25) is 5.91 Å². The molecule has 0 aliphatic carbocycles.